The standard InChI is InChI=1S/C19H22O7/c1-8(20)24-7-10-13-12(25-9(2)21)6-19(4)15(14(13)26-17(10)23)18(3)5-11(18)16(19)22/h11-12,14-15H,5-7H2,1-4H3/t11-,12+,14+,15+,18-,19+/m1/s1. The molecular weight excluding hydrogens is 340 g/mol. The first kappa shape index (κ1) is 17.2. The highest BCUT2D eigenvalue weighted by atomic mass is 16.6. The summed E-state index contributed by atoms with van der Waals surface area (Å²) in [6, 6.07) is 0. The van der Waals surface area contributed by atoms with Gasteiger partial charge in [0.25, 0.3) is 0 Å². The monoisotopic (exact) mass is 362 g/mol. The van der Waals surface area contributed by atoms with Crippen LogP contribution in [0.4, 0.5) is 0 Å². The Morgan fingerprint density at radius 2 is 1.85 bits per heavy atom. The molecular formula is C19H22O7. The molecule has 4 rings (SSSR count). The van der Waals surface area contributed by atoms with E-state index in [2.05, 4.69) is 6.92 Å². The Morgan fingerprint density at radius 3 is 2.46 bits per heavy atom. The first-order valence-electron chi connectivity index (χ1n) is 8.88. The van der Waals surface area contributed by atoms with Gasteiger partial charge in [-0.25, -0.2) is 4.79 Å². The van der Waals surface area contributed by atoms with E-state index in [1.54, 1.807) is 0 Å². The number of fused-ring (bicyclic) bond motifs is 5. The van der Waals surface area contributed by atoms with E-state index < -0.39 is 35.5 Å². The SMILES string of the molecule is CC(=O)OCC1=C2[C@@H](OC(C)=O)C[C@]3(C)C(=O)[C@H]4C[C@@]4(C)[C@@H]3[C@H]2OC1=O. The maximum absolute atomic E-state index is 12.9. The van der Waals surface area contributed by atoms with Gasteiger partial charge >= 0.3 is 17.9 Å². The smallest absolute Gasteiger partial charge is 0.338 e. The summed E-state index contributed by atoms with van der Waals surface area (Å²) in [4.78, 5) is 48.2. The normalized spacial score (nSPS) is 42.6. The molecule has 3 saturated carbocycles. The van der Waals surface area contributed by atoms with Gasteiger partial charge in [-0.1, -0.05) is 13.8 Å². The number of esters is 3. The largest absolute Gasteiger partial charge is 0.461 e. The Morgan fingerprint density at radius 1 is 1.15 bits per heavy atom. The van der Waals surface area contributed by atoms with E-state index in [0.29, 0.717) is 12.0 Å². The molecule has 1 heterocycles. The molecule has 0 N–H and O–H groups in total. The molecule has 4 aliphatic rings. The summed E-state index contributed by atoms with van der Waals surface area (Å²) < 4.78 is 16.2. The number of carbonyl (C=O) groups excluding carboxylic acids is 4. The second-order valence-electron chi connectivity index (χ2n) is 8.36. The maximum Gasteiger partial charge on any atom is 0.338 e. The van der Waals surface area contributed by atoms with Gasteiger partial charge in [-0.2, -0.15) is 0 Å². The topological polar surface area (TPSA) is 96.0 Å². The van der Waals surface area contributed by atoms with Crippen LogP contribution in [-0.2, 0) is 33.4 Å². The van der Waals surface area contributed by atoms with Crippen LogP contribution in [0.2, 0.25) is 0 Å². The van der Waals surface area contributed by atoms with Crippen molar-refractivity contribution < 1.29 is 33.4 Å². The van der Waals surface area contributed by atoms with E-state index in [0.717, 1.165) is 6.42 Å². The fourth-order valence-corrected chi connectivity index (χ4v) is 5.58. The lowest BCUT2D eigenvalue weighted by Crippen LogP contribution is -2.51. The van der Waals surface area contributed by atoms with Gasteiger partial charge in [0.15, 0.2) is 0 Å². The van der Waals surface area contributed by atoms with E-state index in [4.69, 9.17) is 14.2 Å². The average Bonchev–Trinajstić information content (AvgIpc) is 3.02. The Hall–Kier alpha value is -2.18. The number of Topliss-reactive ketones (excluding diaryl/α,β-unsaturated/α-hetero) is 1. The van der Waals surface area contributed by atoms with Gasteiger partial charge in [0.1, 0.15) is 24.6 Å². The number of hydrogen-bond acceptors (Lipinski definition) is 7. The van der Waals surface area contributed by atoms with E-state index in [9.17, 15) is 19.2 Å². The molecule has 0 radical (unpaired) electrons. The summed E-state index contributed by atoms with van der Waals surface area (Å²) in [5.74, 6) is -1.56. The lowest BCUT2D eigenvalue weighted by Gasteiger charge is -2.46. The molecule has 26 heavy (non-hydrogen) atoms. The molecule has 0 bridgehead atoms. The van der Waals surface area contributed by atoms with Gasteiger partial charge < -0.3 is 14.2 Å². The minimum absolute atomic E-state index is 0.0222. The highest BCUT2D eigenvalue weighted by Gasteiger charge is 2.77. The van der Waals surface area contributed by atoms with Crippen LogP contribution in [0.5, 0.6) is 0 Å². The molecule has 3 aliphatic carbocycles. The molecule has 0 spiro atoms. The number of carbonyl (C=O) groups is 4. The summed E-state index contributed by atoms with van der Waals surface area (Å²) in [6.07, 6.45) is -0.211. The van der Waals surface area contributed by atoms with Crippen molar-refractivity contribution in [3.8, 4) is 0 Å². The lowest BCUT2D eigenvalue weighted by molar-refractivity contribution is -0.158. The predicted octanol–water partition coefficient (Wildman–Crippen LogP) is 1.34. The predicted molar refractivity (Wildman–Crippen MR) is 86.5 cm³/mol. The van der Waals surface area contributed by atoms with Crippen LogP contribution < -0.4 is 0 Å². The molecule has 0 saturated heterocycles. The third-order valence-corrected chi connectivity index (χ3v) is 6.68. The summed E-state index contributed by atoms with van der Waals surface area (Å²) in [5.41, 5.74) is -0.0856. The zero-order valence-electron chi connectivity index (χ0n) is 15.3. The first-order chi connectivity index (χ1) is 12.1. The van der Waals surface area contributed by atoms with Gasteiger partial charge in [-0.15, -0.1) is 0 Å². The Balaban J connectivity index is 1.79. The number of ketones is 1. The van der Waals surface area contributed by atoms with Crippen molar-refractivity contribution in [2.24, 2.45) is 22.7 Å². The molecule has 6 atom stereocenters. The zero-order valence-corrected chi connectivity index (χ0v) is 15.3. The maximum atomic E-state index is 12.9. The minimum atomic E-state index is -0.721. The molecule has 0 unspecified atom stereocenters. The Labute approximate surface area is 151 Å². The van der Waals surface area contributed by atoms with Gasteiger partial charge in [-0.3, -0.25) is 14.4 Å². The molecule has 0 aromatic rings. The zero-order chi connectivity index (χ0) is 19.0. The van der Waals surface area contributed by atoms with Crippen molar-refractivity contribution in [2.45, 2.75) is 52.7 Å². The van der Waals surface area contributed by atoms with Crippen LogP contribution in [-0.4, -0.2) is 42.5 Å². The van der Waals surface area contributed by atoms with Crippen molar-refractivity contribution in [1.82, 2.24) is 0 Å². The quantitative estimate of drug-likeness (QED) is 0.552. The first-order valence-corrected chi connectivity index (χ1v) is 8.88. The molecule has 140 valence electrons. The molecule has 0 aromatic heterocycles. The van der Waals surface area contributed by atoms with Gasteiger partial charge in [0, 0.05) is 43.1 Å². The molecule has 3 fully saturated rings. The van der Waals surface area contributed by atoms with Crippen molar-refractivity contribution in [3.05, 3.63) is 11.1 Å². The Bertz CT molecular complexity index is 781. The van der Waals surface area contributed by atoms with E-state index in [-0.39, 0.29) is 35.2 Å². The fraction of sp³-hybridized carbons (Fsp3) is 0.684. The highest BCUT2D eigenvalue weighted by Crippen LogP contribution is 2.74. The van der Waals surface area contributed by atoms with E-state index in [1.165, 1.54) is 13.8 Å². The average molecular weight is 362 g/mol. The lowest BCUT2D eigenvalue weighted by atomic mass is 9.60. The van der Waals surface area contributed by atoms with E-state index >= 15 is 0 Å². The van der Waals surface area contributed by atoms with Crippen LogP contribution >= 0.6 is 0 Å². The second-order valence-corrected chi connectivity index (χ2v) is 8.36. The minimum Gasteiger partial charge on any atom is -0.461 e. The summed E-state index contributed by atoms with van der Waals surface area (Å²) in [7, 11) is 0. The third kappa shape index (κ3) is 2.12. The number of ether oxygens (including phenoxy) is 3. The summed E-state index contributed by atoms with van der Waals surface area (Å²) in [6.45, 7) is 6.30. The van der Waals surface area contributed by atoms with Crippen LogP contribution in [0.1, 0.15) is 40.5 Å². The van der Waals surface area contributed by atoms with Crippen molar-refractivity contribution in [3.63, 3.8) is 0 Å². The van der Waals surface area contributed by atoms with E-state index in [1.807, 2.05) is 6.92 Å². The van der Waals surface area contributed by atoms with Crippen molar-refractivity contribution >= 4 is 23.7 Å². The fourth-order valence-electron chi connectivity index (χ4n) is 5.58. The number of hydrogen-bond donors (Lipinski definition) is 0. The number of rotatable bonds is 3. The van der Waals surface area contributed by atoms with Crippen LogP contribution in [0.3, 0.4) is 0 Å². The molecule has 0 amide bonds. The Kier molecular flexibility index (Phi) is 3.43. The van der Waals surface area contributed by atoms with Crippen molar-refractivity contribution in [2.75, 3.05) is 6.61 Å². The van der Waals surface area contributed by atoms with Gasteiger partial charge in [0.2, 0.25) is 0 Å². The van der Waals surface area contributed by atoms with Crippen LogP contribution in [0.25, 0.3) is 0 Å². The second kappa shape index (κ2) is 5.18. The molecule has 7 nitrogen and oxygen atoms in total. The summed E-state index contributed by atoms with van der Waals surface area (Å²) in [5, 5.41) is 0. The van der Waals surface area contributed by atoms with Crippen LogP contribution in [0, 0.1) is 22.7 Å². The van der Waals surface area contributed by atoms with Crippen LogP contribution in [0.15, 0.2) is 11.1 Å². The molecule has 1 aliphatic heterocycles. The highest BCUT2D eigenvalue weighted by molar-refractivity contribution is 5.97. The third-order valence-electron chi connectivity index (χ3n) is 6.68. The summed E-state index contributed by atoms with van der Waals surface area (Å²) >= 11 is 0. The van der Waals surface area contributed by atoms with Crippen molar-refractivity contribution in [1.29, 1.82) is 0 Å². The van der Waals surface area contributed by atoms with Gasteiger partial charge in [-0.05, 0) is 11.8 Å². The molecule has 7 heteroatoms. The molecule has 0 aromatic carbocycles. The van der Waals surface area contributed by atoms with Gasteiger partial charge in [0.05, 0.1) is 5.57 Å².